The van der Waals surface area contributed by atoms with Gasteiger partial charge in [-0.2, -0.15) is 13.2 Å². The minimum Gasteiger partial charge on any atom is -0.468 e. The molecule has 0 aliphatic rings. The number of nitrogens with one attached hydrogen (secondary N) is 1. The standard InChI is InChI=1S/C17H25F3N4O/c1-4-6-7-10-24(3)16(21-5-2)23-12-14-8-9-22-15(11-14)25-13-17(18,19)20/h4,8-9,11H,1,5-7,10,12-13H2,2-3H3,(H,21,23). The van der Waals surface area contributed by atoms with Gasteiger partial charge in [0.1, 0.15) is 0 Å². The molecule has 0 fully saturated rings. The molecule has 0 aliphatic carbocycles. The summed E-state index contributed by atoms with van der Waals surface area (Å²) in [7, 11) is 1.94. The molecule has 140 valence electrons. The summed E-state index contributed by atoms with van der Waals surface area (Å²) in [6, 6.07) is 3.17. The highest BCUT2D eigenvalue weighted by molar-refractivity contribution is 5.79. The van der Waals surface area contributed by atoms with Crippen LogP contribution in [0.1, 0.15) is 25.3 Å². The molecule has 0 atom stereocenters. The van der Waals surface area contributed by atoms with Crippen LogP contribution in [0.3, 0.4) is 0 Å². The monoisotopic (exact) mass is 358 g/mol. The number of alkyl halides is 3. The molecule has 8 heteroatoms. The Bertz CT molecular complexity index is 561. The SMILES string of the molecule is C=CCCCN(C)C(=NCc1ccnc(OCC(F)(F)F)c1)NCC. The van der Waals surface area contributed by atoms with E-state index in [0.29, 0.717) is 6.54 Å². The molecular formula is C17H25F3N4O. The molecule has 0 unspecified atom stereocenters. The van der Waals surface area contributed by atoms with Crippen LogP contribution in [0, 0.1) is 0 Å². The molecule has 0 saturated heterocycles. The molecule has 0 saturated carbocycles. The molecule has 0 aromatic carbocycles. The maximum absolute atomic E-state index is 12.2. The van der Waals surface area contributed by atoms with Crippen molar-refractivity contribution in [1.82, 2.24) is 15.2 Å². The summed E-state index contributed by atoms with van der Waals surface area (Å²) in [6.07, 6.45) is 0.792. The average molecular weight is 358 g/mol. The summed E-state index contributed by atoms with van der Waals surface area (Å²) >= 11 is 0. The number of hydrogen-bond donors (Lipinski definition) is 1. The Kier molecular flexibility index (Phi) is 8.80. The number of nitrogens with zero attached hydrogens (tertiary/aromatic N) is 3. The van der Waals surface area contributed by atoms with E-state index >= 15 is 0 Å². The summed E-state index contributed by atoms with van der Waals surface area (Å²) < 4.78 is 41.3. The Morgan fingerprint density at radius 1 is 1.48 bits per heavy atom. The van der Waals surface area contributed by atoms with E-state index in [1.165, 1.54) is 12.3 Å². The van der Waals surface area contributed by atoms with Crippen LogP contribution in [0.2, 0.25) is 0 Å². The van der Waals surface area contributed by atoms with E-state index in [2.05, 4.69) is 26.6 Å². The number of unbranched alkanes of at least 4 members (excludes halogenated alkanes) is 1. The van der Waals surface area contributed by atoms with Crippen molar-refractivity contribution in [2.75, 3.05) is 26.7 Å². The largest absolute Gasteiger partial charge is 0.468 e. The van der Waals surface area contributed by atoms with Crippen molar-refractivity contribution in [2.45, 2.75) is 32.5 Å². The average Bonchev–Trinajstić information content (AvgIpc) is 2.56. The number of aliphatic imine (C=N–C) groups is 1. The predicted molar refractivity (Wildman–Crippen MR) is 92.7 cm³/mol. The predicted octanol–water partition coefficient (Wildman–Crippen LogP) is 3.39. The molecule has 0 radical (unpaired) electrons. The van der Waals surface area contributed by atoms with Crippen molar-refractivity contribution in [2.24, 2.45) is 4.99 Å². The normalized spacial score (nSPS) is 12.0. The smallest absolute Gasteiger partial charge is 0.422 e. The van der Waals surface area contributed by atoms with E-state index in [1.54, 1.807) is 6.07 Å². The van der Waals surface area contributed by atoms with Gasteiger partial charge in [-0.3, -0.25) is 0 Å². The van der Waals surface area contributed by atoms with Gasteiger partial charge in [-0.25, -0.2) is 9.98 Å². The first-order chi connectivity index (χ1) is 11.9. The third-order valence-electron chi connectivity index (χ3n) is 3.19. The van der Waals surface area contributed by atoms with E-state index in [1.807, 2.05) is 24.9 Å². The van der Waals surface area contributed by atoms with Gasteiger partial charge >= 0.3 is 6.18 Å². The van der Waals surface area contributed by atoms with Crippen LogP contribution in [-0.2, 0) is 6.54 Å². The second-order valence-electron chi connectivity index (χ2n) is 5.43. The zero-order valence-corrected chi connectivity index (χ0v) is 14.6. The zero-order chi connectivity index (χ0) is 18.7. The number of rotatable bonds is 9. The second kappa shape index (κ2) is 10.6. The lowest BCUT2D eigenvalue weighted by Gasteiger charge is -2.21. The Balaban J connectivity index is 2.70. The van der Waals surface area contributed by atoms with E-state index in [9.17, 15) is 13.2 Å². The molecule has 0 aliphatic heterocycles. The first-order valence-electron chi connectivity index (χ1n) is 8.10. The second-order valence-corrected chi connectivity index (χ2v) is 5.43. The Morgan fingerprint density at radius 2 is 2.24 bits per heavy atom. The van der Waals surface area contributed by atoms with Gasteiger partial charge in [0.05, 0.1) is 6.54 Å². The van der Waals surface area contributed by atoms with Gasteiger partial charge in [0.15, 0.2) is 12.6 Å². The zero-order valence-electron chi connectivity index (χ0n) is 14.6. The van der Waals surface area contributed by atoms with E-state index in [-0.39, 0.29) is 5.88 Å². The minimum absolute atomic E-state index is 0.0608. The highest BCUT2D eigenvalue weighted by atomic mass is 19.4. The minimum atomic E-state index is -4.39. The van der Waals surface area contributed by atoms with Crippen LogP contribution >= 0.6 is 0 Å². The van der Waals surface area contributed by atoms with E-state index in [4.69, 9.17) is 0 Å². The third kappa shape index (κ3) is 8.97. The molecular weight excluding hydrogens is 333 g/mol. The van der Waals surface area contributed by atoms with Crippen LogP contribution < -0.4 is 10.1 Å². The molecule has 1 rings (SSSR count). The lowest BCUT2D eigenvalue weighted by Crippen LogP contribution is -2.39. The van der Waals surface area contributed by atoms with Gasteiger partial charge in [-0.15, -0.1) is 6.58 Å². The lowest BCUT2D eigenvalue weighted by molar-refractivity contribution is -0.154. The summed E-state index contributed by atoms with van der Waals surface area (Å²) in [5, 5.41) is 3.19. The molecule has 1 heterocycles. The van der Waals surface area contributed by atoms with Gasteiger partial charge in [-0.1, -0.05) is 6.08 Å². The number of guanidine groups is 1. The third-order valence-corrected chi connectivity index (χ3v) is 3.19. The summed E-state index contributed by atoms with van der Waals surface area (Å²) in [4.78, 5) is 10.3. The molecule has 25 heavy (non-hydrogen) atoms. The van der Waals surface area contributed by atoms with Crippen molar-refractivity contribution in [3.8, 4) is 5.88 Å². The van der Waals surface area contributed by atoms with Crippen LogP contribution in [0.5, 0.6) is 5.88 Å². The highest BCUT2D eigenvalue weighted by Gasteiger charge is 2.28. The van der Waals surface area contributed by atoms with Gasteiger partial charge in [0.25, 0.3) is 0 Å². The Labute approximate surface area is 146 Å². The van der Waals surface area contributed by atoms with Crippen LogP contribution in [-0.4, -0.2) is 48.8 Å². The molecule has 0 spiro atoms. The van der Waals surface area contributed by atoms with Crippen molar-refractivity contribution >= 4 is 5.96 Å². The fourth-order valence-electron chi connectivity index (χ4n) is 2.00. The van der Waals surface area contributed by atoms with Crippen LogP contribution in [0.25, 0.3) is 0 Å². The van der Waals surface area contributed by atoms with Gasteiger partial charge in [0, 0.05) is 32.4 Å². The first-order valence-corrected chi connectivity index (χ1v) is 8.10. The molecule has 1 N–H and O–H groups in total. The van der Waals surface area contributed by atoms with Crippen molar-refractivity contribution < 1.29 is 17.9 Å². The topological polar surface area (TPSA) is 49.8 Å². The van der Waals surface area contributed by atoms with Crippen LogP contribution in [0.15, 0.2) is 36.0 Å². The van der Waals surface area contributed by atoms with Gasteiger partial charge in [-0.05, 0) is 31.4 Å². The van der Waals surface area contributed by atoms with Gasteiger partial charge in [0.2, 0.25) is 5.88 Å². The number of halogens is 3. The highest BCUT2D eigenvalue weighted by Crippen LogP contribution is 2.17. The maximum atomic E-state index is 12.2. The lowest BCUT2D eigenvalue weighted by atomic mass is 10.2. The quantitative estimate of drug-likeness (QED) is 0.318. The molecule has 1 aromatic heterocycles. The molecule has 0 amide bonds. The number of allylic oxidation sites excluding steroid dienone is 1. The number of pyridine rings is 1. The van der Waals surface area contributed by atoms with E-state index in [0.717, 1.165) is 37.5 Å². The van der Waals surface area contributed by atoms with Crippen molar-refractivity contribution in [3.05, 3.63) is 36.5 Å². The maximum Gasteiger partial charge on any atom is 0.422 e. The Hall–Kier alpha value is -2.25. The molecule has 0 bridgehead atoms. The van der Waals surface area contributed by atoms with Crippen molar-refractivity contribution in [1.29, 1.82) is 0 Å². The number of aromatic nitrogens is 1. The Morgan fingerprint density at radius 3 is 2.88 bits per heavy atom. The number of ether oxygens (including phenoxy) is 1. The number of hydrogen-bond acceptors (Lipinski definition) is 3. The summed E-state index contributed by atoms with van der Waals surface area (Å²) in [6.45, 7) is 6.18. The molecule has 1 aromatic rings. The van der Waals surface area contributed by atoms with Crippen LogP contribution in [0.4, 0.5) is 13.2 Å². The summed E-state index contributed by atoms with van der Waals surface area (Å²) in [5.41, 5.74) is 0.724. The van der Waals surface area contributed by atoms with Crippen molar-refractivity contribution in [3.63, 3.8) is 0 Å². The van der Waals surface area contributed by atoms with Gasteiger partial charge < -0.3 is 15.0 Å². The fraction of sp³-hybridized carbons (Fsp3) is 0.529. The molecule has 5 nitrogen and oxygen atoms in total. The summed E-state index contributed by atoms with van der Waals surface area (Å²) in [5.74, 6) is 0.676. The fourth-order valence-corrected chi connectivity index (χ4v) is 2.00. The first kappa shape index (κ1) is 20.8. The van der Waals surface area contributed by atoms with E-state index < -0.39 is 12.8 Å².